The summed E-state index contributed by atoms with van der Waals surface area (Å²) >= 11 is 0. The highest BCUT2D eigenvalue weighted by Gasteiger charge is 2.00. The second kappa shape index (κ2) is 4.23. The Labute approximate surface area is 77.3 Å². The molecular weight excluding hydrogens is 162 g/mol. The highest BCUT2D eigenvalue weighted by Crippen LogP contribution is 2.07. The maximum atomic E-state index is 8.49. The lowest BCUT2D eigenvalue weighted by atomic mass is 10.1. The van der Waals surface area contributed by atoms with Gasteiger partial charge in [-0.2, -0.15) is 10.5 Å². The summed E-state index contributed by atoms with van der Waals surface area (Å²) in [5.41, 5.74) is 2.54. The van der Waals surface area contributed by atoms with E-state index in [0.29, 0.717) is 12.8 Å². The van der Waals surface area contributed by atoms with Gasteiger partial charge in [-0.1, -0.05) is 6.07 Å². The third kappa shape index (κ3) is 2.28. The van der Waals surface area contributed by atoms with Crippen LogP contribution in [0, 0.1) is 29.6 Å². The fraction of sp³-hybridized carbons (Fsp3) is 0.300. The van der Waals surface area contributed by atoms with E-state index in [2.05, 4.69) is 11.1 Å². The zero-order valence-electron chi connectivity index (χ0n) is 7.41. The normalized spacial score (nSPS) is 8.85. The fourth-order valence-corrected chi connectivity index (χ4v) is 1.09. The molecule has 0 aliphatic rings. The summed E-state index contributed by atoms with van der Waals surface area (Å²) in [5, 5.41) is 16.9. The van der Waals surface area contributed by atoms with Gasteiger partial charge in [-0.15, -0.1) is 0 Å². The van der Waals surface area contributed by atoms with Crippen molar-refractivity contribution >= 4 is 0 Å². The topological polar surface area (TPSA) is 60.5 Å². The number of pyridine rings is 1. The van der Waals surface area contributed by atoms with Crippen LogP contribution in [0.15, 0.2) is 12.1 Å². The zero-order valence-corrected chi connectivity index (χ0v) is 7.41. The van der Waals surface area contributed by atoms with Gasteiger partial charge in [0, 0.05) is 5.69 Å². The van der Waals surface area contributed by atoms with Crippen LogP contribution in [0.1, 0.15) is 17.0 Å². The number of hydrogen-bond acceptors (Lipinski definition) is 3. The van der Waals surface area contributed by atoms with Crippen molar-refractivity contribution < 1.29 is 0 Å². The summed E-state index contributed by atoms with van der Waals surface area (Å²) in [6.45, 7) is 1.85. The minimum atomic E-state index is 0.327. The zero-order chi connectivity index (χ0) is 9.68. The summed E-state index contributed by atoms with van der Waals surface area (Å²) in [4.78, 5) is 4.21. The van der Waals surface area contributed by atoms with Gasteiger partial charge >= 0.3 is 0 Å². The summed E-state index contributed by atoms with van der Waals surface area (Å²) in [5.74, 6) is 0. The standard InChI is InChI=1S/C10H9N3/c1-8-9(4-6-11)2-3-10(13-8)5-7-12/h2-3H,4-5H2,1H3. The third-order valence-corrected chi connectivity index (χ3v) is 1.78. The molecule has 13 heavy (non-hydrogen) atoms. The van der Waals surface area contributed by atoms with Crippen LogP contribution in [-0.2, 0) is 12.8 Å². The molecule has 0 bridgehead atoms. The minimum Gasteiger partial charge on any atom is -0.257 e. The molecule has 1 aromatic rings. The minimum absolute atomic E-state index is 0.327. The molecular formula is C10H9N3. The van der Waals surface area contributed by atoms with E-state index in [1.165, 1.54) is 0 Å². The van der Waals surface area contributed by atoms with Gasteiger partial charge in [-0.3, -0.25) is 4.98 Å². The van der Waals surface area contributed by atoms with Gasteiger partial charge in [0.25, 0.3) is 0 Å². The lowest BCUT2D eigenvalue weighted by Gasteiger charge is -2.01. The Morgan fingerprint density at radius 1 is 1.23 bits per heavy atom. The van der Waals surface area contributed by atoms with Crippen LogP contribution in [0.4, 0.5) is 0 Å². The highest BCUT2D eigenvalue weighted by atomic mass is 14.7. The van der Waals surface area contributed by atoms with E-state index >= 15 is 0 Å². The van der Waals surface area contributed by atoms with Crippen molar-refractivity contribution in [2.45, 2.75) is 19.8 Å². The lowest BCUT2D eigenvalue weighted by Crippen LogP contribution is -1.95. The fourth-order valence-electron chi connectivity index (χ4n) is 1.09. The molecule has 1 aromatic heterocycles. The van der Waals surface area contributed by atoms with Crippen LogP contribution in [-0.4, -0.2) is 4.98 Å². The molecule has 0 aliphatic carbocycles. The molecule has 1 heterocycles. The molecule has 3 heteroatoms. The largest absolute Gasteiger partial charge is 0.257 e. The summed E-state index contributed by atoms with van der Waals surface area (Å²) in [7, 11) is 0. The molecule has 0 N–H and O–H groups in total. The first-order valence-corrected chi connectivity index (χ1v) is 3.97. The van der Waals surface area contributed by atoms with Crippen molar-refractivity contribution in [1.82, 2.24) is 4.98 Å². The van der Waals surface area contributed by atoms with Gasteiger partial charge in [-0.05, 0) is 18.6 Å². The SMILES string of the molecule is Cc1nc(CC#N)ccc1CC#N. The number of nitriles is 2. The number of rotatable bonds is 2. The number of aromatic nitrogens is 1. The number of nitrogens with zero attached hydrogens (tertiary/aromatic N) is 3. The molecule has 64 valence electrons. The predicted molar refractivity (Wildman–Crippen MR) is 47.6 cm³/mol. The van der Waals surface area contributed by atoms with Crippen LogP contribution in [0.5, 0.6) is 0 Å². The third-order valence-electron chi connectivity index (χ3n) is 1.78. The van der Waals surface area contributed by atoms with E-state index in [4.69, 9.17) is 10.5 Å². The van der Waals surface area contributed by atoms with E-state index in [1.54, 1.807) is 6.07 Å². The molecule has 0 saturated carbocycles. The monoisotopic (exact) mass is 171 g/mol. The molecule has 0 amide bonds. The van der Waals surface area contributed by atoms with Gasteiger partial charge in [0.15, 0.2) is 0 Å². The molecule has 1 rings (SSSR count). The molecule has 0 saturated heterocycles. The molecule has 0 atom stereocenters. The van der Waals surface area contributed by atoms with Crippen LogP contribution in [0.25, 0.3) is 0 Å². The second-order valence-electron chi connectivity index (χ2n) is 2.72. The van der Waals surface area contributed by atoms with Gasteiger partial charge < -0.3 is 0 Å². The van der Waals surface area contributed by atoms with Crippen molar-refractivity contribution in [3.8, 4) is 12.1 Å². The van der Waals surface area contributed by atoms with Crippen LogP contribution in [0.2, 0.25) is 0 Å². The summed E-state index contributed by atoms with van der Waals surface area (Å²) in [6.07, 6.45) is 0.708. The molecule has 3 nitrogen and oxygen atoms in total. The molecule has 0 unspecified atom stereocenters. The van der Waals surface area contributed by atoms with Crippen LogP contribution in [0.3, 0.4) is 0 Å². The van der Waals surface area contributed by atoms with Crippen molar-refractivity contribution in [2.24, 2.45) is 0 Å². The number of aryl methyl sites for hydroxylation is 1. The lowest BCUT2D eigenvalue weighted by molar-refractivity contribution is 1.03. The summed E-state index contributed by atoms with van der Waals surface area (Å²) < 4.78 is 0. The predicted octanol–water partition coefficient (Wildman–Crippen LogP) is 1.52. The van der Waals surface area contributed by atoms with Crippen LogP contribution < -0.4 is 0 Å². The first kappa shape index (κ1) is 9.22. The summed E-state index contributed by atoms with van der Waals surface area (Å²) in [6, 6.07) is 7.76. The Morgan fingerprint density at radius 2 is 1.92 bits per heavy atom. The highest BCUT2D eigenvalue weighted by molar-refractivity contribution is 5.25. The van der Waals surface area contributed by atoms with Gasteiger partial charge in [0.1, 0.15) is 0 Å². The Hall–Kier alpha value is -1.87. The van der Waals surface area contributed by atoms with Crippen molar-refractivity contribution in [3.63, 3.8) is 0 Å². The van der Waals surface area contributed by atoms with Crippen LogP contribution >= 0.6 is 0 Å². The molecule has 0 aromatic carbocycles. The molecule has 0 fully saturated rings. The van der Waals surface area contributed by atoms with E-state index in [9.17, 15) is 0 Å². The average Bonchev–Trinajstić information content (AvgIpc) is 2.10. The average molecular weight is 171 g/mol. The first-order chi connectivity index (χ1) is 6.27. The van der Waals surface area contributed by atoms with E-state index in [1.807, 2.05) is 19.1 Å². The Morgan fingerprint density at radius 3 is 2.46 bits per heavy atom. The Balaban J connectivity index is 2.94. The maximum Gasteiger partial charge on any atom is 0.0774 e. The molecule has 0 radical (unpaired) electrons. The van der Waals surface area contributed by atoms with E-state index in [-0.39, 0.29) is 0 Å². The second-order valence-corrected chi connectivity index (χ2v) is 2.72. The molecule has 0 aliphatic heterocycles. The van der Waals surface area contributed by atoms with Crippen molar-refractivity contribution in [1.29, 1.82) is 10.5 Å². The van der Waals surface area contributed by atoms with Crippen molar-refractivity contribution in [2.75, 3.05) is 0 Å². The molecule has 0 spiro atoms. The van der Waals surface area contributed by atoms with Gasteiger partial charge in [-0.25, -0.2) is 0 Å². The van der Waals surface area contributed by atoms with Gasteiger partial charge in [0.05, 0.1) is 30.7 Å². The van der Waals surface area contributed by atoms with Crippen molar-refractivity contribution in [3.05, 3.63) is 29.1 Å². The maximum absolute atomic E-state index is 8.49. The Bertz CT molecular complexity index is 382. The quantitative estimate of drug-likeness (QED) is 0.677. The van der Waals surface area contributed by atoms with E-state index < -0.39 is 0 Å². The first-order valence-electron chi connectivity index (χ1n) is 3.97. The smallest absolute Gasteiger partial charge is 0.0774 e. The Kier molecular flexibility index (Phi) is 3.00. The number of hydrogen-bond donors (Lipinski definition) is 0. The van der Waals surface area contributed by atoms with E-state index in [0.717, 1.165) is 17.0 Å². The van der Waals surface area contributed by atoms with Gasteiger partial charge in [0.2, 0.25) is 0 Å².